The van der Waals surface area contributed by atoms with Gasteiger partial charge in [0.25, 0.3) is 5.69 Å². The Morgan fingerprint density at radius 1 is 0.939 bits per heavy atom. The van der Waals surface area contributed by atoms with Crippen LogP contribution >= 0.6 is 0 Å². The van der Waals surface area contributed by atoms with Crippen molar-refractivity contribution < 1.29 is 14.4 Å². The minimum atomic E-state index is -0.416. The molecule has 0 spiro atoms. The summed E-state index contributed by atoms with van der Waals surface area (Å²) in [4.78, 5) is 10.4. The minimum Gasteiger partial charge on any atom is -0.496 e. The Bertz CT molecular complexity index is 1290. The third kappa shape index (κ3) is 5.27. The first kappa shape index (κ1) is 21.8. The highest BCUT2D eigenvalue weighted by Gasteiger charge is 2.09. The molecule has 0 atom stereocenters. The SMILES string of the molecule is COc1ccccc1CN/N=C\c1c(OCc2ccc([N+](=O)[O-])cc2)ccc2ccccc12. The van der Waals surface area contributed by atoms with Gasteiger partial charge in [-0.3, -0.25) is 10.1 Å². The number of nitro benzene ring substituents is 1. The van der Waals surface area contributed by atoms with Gasteiger partial charge in [-0.25, -0.2) is 0 Å². The molecular weight excluding hydrogens is 418 g/mol. The van der Waals surface area contributed by atoms with Gasteiger partial charge in [0, 0.05) is 23.3 Å². The predicted octanol–water partition coefficient (Wildman–Crippen LogP) is 5.46. The van der Waals surface area contributed by atoms with E-state index in [9.17, 15) is 10.1 Å². The maximum absolute atomic E-state index is 10.9. The molecule has 4 rings (SSSR count). The minimum absolute atomic E-state index is 0.0541. The number of fused-ring (bicyclic) bond motifs is 1. The summed E-state index contributed by atoms with van der Waals surface area (Å²) in [6.07, 6.45) is 1.75. The summed E-state index contributed by atoms with van der Waals surface area (Å²) in [5.74, 6) is 1.48. The van der Waals surface area contributed by atoms with Crippen LogP contribution in [0.2, 0.25) is 0 Å². The van der Waals surface area contributed by atoms with Gasteiger partial charge in [0.1, 0.15) is 18.1 Å². The van der Waals surface area contributed by atoms with Crippen LogP contribution < -0.4 is 14.9 Å². The van der Waals surface area contributed by atoms with Gasteiger partial charge in [0.15, 0.2) is 0 Å². The number of nitrogens with one attached hydrogen (secondary N) is 1. The fourth-order valence-corrected chi connectivity index (χ4v) is 3.50. The third-order valence-electron chi connectivity index (χ3n) is 5.22. The Morgan fingerprint density at radius 3 is 2.48 bits per heavy atom. The summed E-state index contributed by atoms with van der Waals surface area (Å²) < 4.78 is 11.5. The number of hydrogen-bond acceptors (Lipinski definition) is 6. The van der Waals surface area contributed by atoms with Gasteiger partial charge in [-0.05, 0) is 40.6 Å². The summed E-state index contributed by atoms with van der Waals surface area (Å²) in [7, 11) is 1.65. The number of non-ortho nitro benzene ring substituents is 1. The number of nitrogens with zero attached hydrogens (tertiary/aromatic N) is 2. The van der Waals surface area contributed by atoms with Gasteiger partial charge < -0.3 is 14.9 Å². The molecule has 0 unspecified atom stereocenters. The van der Waals surface area contributed by atoms with Crippen molar-refractivity contribution in [3.8, 4) is 11.5 Å². The standard InChI is InChI=1S/C26H23N3O4/c1-32-25-9-5-3-7-21(25)16-27-28-17-24-23-8-4-2-6-20(23)12-15-26(24)33-18-19-10-13-22(14-11-19)29(30)31/h2-15,17,27H,16,18H2,1H3/b28-17-. The lowest BCUT2D eigenvalue weighted by Gasteiger charge is -2.12. The van der Waals surface area contributed by atoms with Crippen molar-refractivity contribution in [1.82, 2.24) is 5.43 Å². The molecule has 166 valence electrons. The second-order valence-electron chi connectivity index (χ2n) is 7.32. The zero-order valence-electron chi connectivity index (χ0n) is 18.1. The summed E-state index contributed by atoms with van der Waals surface area (Å²) in [5.41, 5.74) is 5.82. The molecule has 7 nitrogen and oxygen atoms in total. The quantitative estimate of drug-likeness (QED) is 0.212. The van der Waals surface area contributed by atoms with Crippen LogP contribution in [0.15, 0.2) is 90.0 Å². The molecule has 0 saturated carbocycles. The van der Waals surface area contributed by atoms with Crippen LogP contribution in [-0.4, -0.2) is 18.2 Å². The summed E-state index contributed by atoms with van der Waals surface area (Å²) in [6, 6.07) is 26.1. The van der Waals surface area contributed by atoms with Gasteiger partial charge in [0.05, 0.1) is 24.8 Å². The zero-order chi connectivity index (χ0) is 23.0. The van der Waals surface area contributed by atoms with E-state index in [2.05, 4.69) is 10.5 Å². The monoisotopic (exact) mass is 441 g/mol. The van der Waals surface area contributed by atoms with Crippen molar-refractivity contribution in [3.05, 3.63) is 112 Å². The van der Waals surface area contributed by atoms with E-state index in [1.54, 1.807) is 25.5 Å². The number of para-hydroxylation sites is 1. The second kappa shape index (κ2) is 10.3. The third-order valence-corrected chi connectivity index (χ3v) is 5.22. The molecule has 0 radical (unpaired) electrons. The van der Waals surface area contributed by atoms with Crippen LogP contribution in [0.3, 0.4) is 0 Å². The van der Waals surface area contributed by atoms with E-state index < -0.39 is 4.92 Å². The van der Waals surface area contributed by atoms with Gasteiger partial charge in [0.2, 0.25) is 0 Å². The molecule has 0 bridgehead atoms. The van der Waals surface area contributed by atoms with E-state index in [1.807, 2.05) is 60.7 Å². The first-order valence-electron chi connectivity index (χ1n) is 10.4. The number of hydrogen-bond donors (Lipinski definition) is 1. The van der Waals surface area contributed by atoms with Crippen molar-refractivity contribution in [1.29, 1.82) is 0 Å². The molecule has 0 heterocycles. The Morgan fingerprint density at radius 2 is 1.70 bits per heavy atom. The lowest BCUT2D eigenvalue weighted by Crippen LogP contribution is -2.07. The van der Waals surface area contributed by atoms with E-state index >= 15 is 0 Å². The average molecular weight is 441 g/mol. The fourth-order valence-electron chi connectivity index (χ4n) is 3.50. The smallest absolute Gasteiger partial charge is 0.269 e. The van der Waals surface area contributed by atoms with E-state index in [0.29, 0.717) is 12.3 Å². The molecule has 4 aromatic carbocycles. The molecule has 1 N–H and O–H groups in total. The Hall–Kier alpha value is -4.39. The number of benzene rings is 4. The molecule has 4 aromatic rings. The average Bonchev–Trinajstić information content (AvgIpc) is 2.86. The lowest BCUT2D eigenvalue weighted by molar-refractivity contribution is -0.384. The van der Waals surface area contributed by atoms with Crippen LogP contribution in [0.1, 0.15) is 16.7 Å². The lowest BCUT2D eigenvalue weighted by atomic mass is 10.0. The highest BCUT2D eigenvalue weighted by atomic mass is 16.6. The molecule has 0 aliphatic rings. The number of methoxy groups -OCH3 is 1. The normalized spacial score (nSPS) is 10.9. The van der Waals surface area contributed by atoms with Crippen LogP contribution in [0.4, 0.5) is 5.69 Å². The maximum Gasteiger partial charge on any atom is 0.269 e. The molecule has 0 amide bonds. The van der Waals surface area contributed by atoms with Gasteiger partial charge >= 0.3 is 0 Å². The maximum atomic E-state index is 10.9. The van der Waals surface area contributed by atoms with Crippen LogP contribution in [0.25, 0.3) is 10.8 Å². The van der Waals surface area contributed by atoms with Gasteiger partial charge in [-0.15, -0.1) is 0 Å². The first-order valence-corrected chi connectivity index (χ1v) is 10.4. The summed E-state index contributed by atoms with van der Waals surface area (Å²) in [5, 5.41) is 17.4. The van der Waals surface area contributed by atoms with Gasteiger partial charge in [-0.2, -0.15) is 5.10 Å². The fraction of sp³-hybridized carbons (Fsp3) is 0.115. The van der Waals surface area contributed by atoms with E-state index in [4.69, 9.17) is 9.47 Å². The van der Waals surface area contributed by atoms with Crippen LogP contribution in [0.5, 0.6) is 11.5 Å². The predicted molar refractivity (Wildman–Crippen MR) is 129 cm³/mol. The number of nitro groups is 1. The molecule has 0 saturated heterocycles. The number of ether oxygens (including phenoxy) is 2. The van der Waals surface area contributed by atoms with Crippen molar-refractivity contribution in [3.63, 3.8) is 0 Å². The Labute approximate surface area is 191 Å². The molecule has 0 aromatic heterocycles. The van der Waals surface area contributed by atoms with Crippen molar-refractivity contribution in [2.45, 2.75) is 13.2 Å². The van der Waals surface area contributed by atoms with E-state index in [0.717, 1.165) is 33.2 Å². The van der Waals surface area contributed by atoms with Crippen molar-refractivity contribution in [2.75, 3.05) is 7.11 Å². The summed E-state index contributed by atoms with van der Waals surface area (Å²) in [6.45, 7) is 0.802. The first-order chi connectivity index (χ1) is 16.2. The molecule has 7 heteroatoms. The highest BCUT2D eigenvalue weighted by Crippen LogP contribution is 2.27. The number of hydrazone groups is 1. The summed E-state index contributed by atoms with van der Waals surface area (Å²) >= 11 is 0. The van der Waals surface area contributed by atoms with Crippen LogP contribution in [-0.2, 0) is 13.2 Å². The van der Waals surface area contributed by atoms with Crippen molar-refractivity contribution >= 4 is 22.7 Å². The number of rotatable bonds is 9. The molecule has 33 heavy (non-hydrogen) atoms. The topological polar surface area (TPSA) is 86.0 Å². The molecule has 0 fully saturated rings. The largest absolute Gasteiger partial charge is 0.496 e. The van der Waals surface area contributed by atoms with E-state index in [-0.39, 0.29) is 12.3 Å². The zero-order valence-corrected chi connectivity index (χ0v) is 18.1. The van der Waals surface area contributed by atoms with Crippen molar-refractivity contribution in [2.24, 2.45) is 5.10 Å². The Balaban J connectivity index is 1.53. The molecule has 0 aliphatic heterocycles. The molecule has 0 aliphatic carbocycles. The Kier molecular flexibility index (Phi) is 6.80. The van der Waals surface area contributed by atoms with Gasteiger partial charge in [-0.1, -0.05) is 48.5 Å². The highest BCUT2D eigenvalue weighted by molar-refractivity contribution is 6.02. The second-order valence-corrected chi connectivity index (χ2v) is 7.32. The van der Waals surface area contributed by atoms with E-state index in [1.165, 1.54) is 12.1 Å². The molecular formula is C26H23N3O4. The van der Waals surface area contributed by atoms with Crippen LogP contribution in [0, 0.1) is 10.1 Å².